The topological polar surface area (TPSA) is 70.2 Å². The van der Waals surface area contributed by atoms with E-state index in [2.05, 4.69) is 29.2 Å². The first-order valence-electron chi connectivity index (χ1n) is 14.7. The van der Waals surface area contributed by atoms with E-state index in [1.54, 1.807) is 11.8 Å². The monoisotopic (exact) mass is 565 g/mol. The Morgan fingerprint density at radius 1 is 0.833 bits per heavy atom. The molecule has 1 saturated heterocycles. The highest BCUT2D eigenvalue weighted by molar-refractivity contribution is 5.96. The summed E-state index contributed by atoms with van der Waals surface area (Å²) in [7, 11) is 0. The van der Waals surface area contributed by atoms with Gasteiger partial charge in [0.15, 0.2) is 0 Å². The number of amides is 2. The molecule has 2 aliphatic heterocycles. The van der Waals surface area contributed by atoms with Gasteiger partial charge in [-0.15, -0.1) is 0 Å². The van der Waals surface area contributed by atoms with Crippen LogP contribution in [0.15, 0.2) is 90.1 Å². The van der Waals surface area contributed by atoms with Gasteiger partial charge in [0, 0.05) is 56.3 Å². The Kier molecular flexibility index (Phi) is 9.18. The Balaban J connectivity index is 1.26. The number of hydrogen-bond donors (Lipinski definition) is 0. The van der Waals surface area contributed by atoms with Gasteiger partial charge in [0.25, 0.3) is 5.91 Å². The number of esters is 1. The molecule has 0 saturated carbocycles. The van der Waals surface area contributed by atoms with Crippen LogP contribution in [0, 0.1) is 6.92 Å². The molecule has 0 spiro atoms. The molecular weight excluding hydrogens is 526 g/mol. The van der Waals surface area contributed by atoms with Crippen LogP contribution < -0.4 is 0 Å². The zero-order chi connectivity index (χ0) is 29.6. The summed E-state index contributed by atoms with van der Waals surface area (Å²) in [5.41, 5.74) is 5.97. The molecule has 0 bridgehead atoms. The molecule has 218 valence electrons. The smallest absolute Gasteiger partial charge is 0.336 e. The second kappa shape index (κ2) is 13.2. The lowest BCUT2D eigenvalue weighted by Crippen LogP contribution is -2.48. The van der Waals surface area contributed by atoms with Gasteiger partial charge in [-0.25, -0.2) is 4.79 Å². The first-order chi connectivity index (χ1) is 20.3. The van der Waals surface area contributed by atoms with Gasteiger partial charge in [-0.2, -0.15) is 0 Å². The summed E-state index contributed by atoms with van der Waals surface area (Å²) >= 11 is 0. The normalized spacial score (nSPS) is 17.9. The van der Waals surface area contributed by atoms with E-state index in [0.717, 1.165) is 36.3 Å². The summed E-state index contributed by atoms with van der Waals surface area (Å²) in [5, 5.41) is 0. The minimum Gasteiger partial charge on any atom is -0.463 e. The predicted molar refractivity (Wildman–Crippen MR) is 162 cm³/mol. The number of allylic oxidation sites excluding steroid dienone is 1. The van der Waals surface area contributed by atoms with Gasteiger partial charge < -0.3 is 14.5 Å². The highest BCUT2D eigenvalue weighted by Crippen LogP contribution is 2.38. The van der Waals surface area contributed by atoms with E-state index in [4.69, 9.17) is 4.74 Å². The molecular formula is C35H39N3O4. The maximum Gasteiger partial charge on any atom is 0.336 e. The maximum atomic E-state index is 13.4. The third-order valence-corrected chi connectivity index (χ3v) is 8.21. The van der Waals surface area contributed by atoms with Gasteiger partial charge >= 0.3 is 5.97 Å². The van der Waals surface area contributed by atoms with Crippen molar-refractivity contribution in [2.24, 2.45) is 0 Å². The molecule has 2 aliphatic rings. The third kappa shape index (κ3) is 6.63. The Morgan fingerprint density at radius 2 is 1.52 bits per heavy atom. The first-order valence-corrected chi connectivity index (χ1v) is 14.7. The second-order valence-electron chi connectivity index (χ2n) is 11.1. The van der Waals surface area contributed by atoms with Crippen LogP contribution in [0.4, 0.5) is 0 Å². The Labute approximate surface area is 248 Å². The zero-order valence-corrected chi connectivity index (χ0v) is 24.7. The van der Waals surface area contributed by atoms with Crippen molar-refractivity contribution in [1.82, 2.24) is 14.7 Å². The van der Waals surface area contributed by atoms with Crippen molar-refractivity contribution in [1.29, 1.82) is 0 Å². The van der Waals surface area contributed by atoms with E-state index in [1.807, 2.05) is 73.3 Å². The van der Waals surface area contributed by atoms with Gasteiger partial charge in [-0.1, -0.05) is 72.3 Å². The summed E-state index contributed by atoms with van der Waals surface area (Å²) in [6.45, 7) is 10.2. The molecule has 0 aromatic heterocycles. The second-order valence-corrected chi connectivity index (χ2v) is 11.1. The van der Waals surface area contributed by atoms with Gasteiger partial charge in [0.2, 0.25) is 5.91 Å². The minimum absolute atomic E-state index is 0.0247. The van der Waals surface area contributed by atoms with Crippen LogP contribution in [0.5, 0.6) is 0 Å². The lowest BCUT2D eigenvalue weighted by Gasteiger charge is -2.35. The average Bonchev–Trinajstić information content (AvgIpc) is 3.00. The molecule has 2 heterocycles. The van der Waals surface area contributed by atoms with E-state index >= 15 is 0 Å². The van der Waals surface area contributed by atoms with Gasteiger partial charge in [-0.3, -0.25) is 14.5 Å². The average molecular weight is 566 g/mol. The lowest BCUT2D eigenvalue weighted by molar-refractivity contribution is -0.140. The van der Waals surface area contributed by atoms with Crippen LogP contribution in [-0.4, -0.2) is 65.3 Å². The molecule has 7 nitrogen and oxygen atoms in total. The van der Waals surface area contributed by atoms with Crippen LogP contribution in [0.2, 0.25) is 0 Å². The number of benzene rings is 3. The molecule has 1 atom stereocenters. The molecule has 1 fully saturated rings. The standard InChI is InChI=1S/C35H39N3O4/c1-4-42-35(41)33-26(3)38(32(39)22-31(33)30-12-8-9-25(2)21-30)24-28-13-15-29(16-14-28)34(40)37-19-17-36(18-20-37)23-27-10-6-5-7-11-27/h5-16,21,31H,4,17-20,22-24H2,1-3H3. The van der Waals surface area contributed by atoms with Crippen LogP contribution in [0.25, 0.3) is 0 Å². The van der Waals surface area contributed by atoms with Crippen molar-refractivity contribution in [2.45, 2.75) is 46.2 Å². The third-order valence-electron chi connectivity index (χ3n) is 8.21. The fourth-order valence-corrected chi connectivity index (χ4v) is 5.92. The zero-order valence-electron chi connectivity index (χ0n) is 24.7. The highest BCUT2D eigenvalue weighted by atomic mass is 16.5. The maximum absolute atomic E-state index is 13.4. The molecule has 5 rings (SSSR count). The Hall–Kier alpha value is -4.23. The molecule has 0 N–H and O–H groups in total. The van der Waals surface area contributed by atoms with E-state index in [1.165, 1.54) is 5.56 Å². The largest absolute Gasteiger partial charge is 0.463 e. The molecule has 7 heteroatoms. The van der Waals surface area contributed by atoms with E-state index in [9.17, 15) is 14.4 Å². The number of aryl methyl sites for hydroxylation is 1. The SMILES string of the molecule is CCOC(=O)C1=C(C)N(Cc2ccc(C(=O)N3CCN(Cc4ccccc4)CC3)cc2)C(=O)CC1c1cccc(C)c1. The fraction of sp³-hybridized carbons (Fsp3) is 0.343. The summed E-state index contributed by atoms with van der Waals surface area (Å²) in [6, 6.07) is 25.8. The summed E-state index contributed by atoms with van der Waals surface area (Å²) in [6.07, 6.45) is 0.196. The molecule has 3 aromatic rings. The van der Waals surface area contributed by atoms with E-state index in [-0.39, 0.29) is 36.7 Å². The number of carbonyl (C=O) groups excluding carboxylic acids is 3. The van der Waals surface area contributed by atoms with Gasteiger partial charge in [-0.05, 0) is 49.6 Å². The summed E-state index contributed by atoms with van der Waals surface area (Å²) in [4.78, 5) is 45.7. The number of ether oxygens (including phenoxy) is 1. The Morgan fingerprint density at radius 3 is 2.19 bits per heavy atom. The van der Waals surface area contributed by atoms with Crippen molar-refractivity contribution < 1.29 is 19.1 Å². The fourth-order valence-electron chi connectivity index (χ4n) is 5.92. The Bertz CT molecular complexity index is 1460. The predicted octanol–water partition coefficient (Wildman–Crippen LogP) is 5.31. The van der Waals surface area contributed by atoms with Crippen LogP contribution in [-0.2, 0) is 27.4 Å². The van der Waals surface area contributed by atoms with Crippen LogP contribution in [0.3, 0.4) is 0 Å². The number of carbonyl (C=O) groups is 3. The van der Waals surface area contributed by atoms with Gasteiger partial charge in [0.05, 0.1) is 18.7 Å². The van der Waals surface area contributed by atoms with Crippen molar-refractivity contribution in [3.05, 3.63) is 118 Å². The highest BCUT2D eigenvalue weighted by Gasteiger charge is 2.37. The number of nitrogens with zero attached hydrogens (tertiary/aromatic N) is 3. The number of hydrogen-bond acceptors (Lipinski definition) is 5. The molecule has 3 aromatic carbocycles. The molecule has 42 heavy (non-hydrogen) atoms. The number of rotatable bonds is 8. The minimum atomic E-state index is -0.385. The van der Waals surface area contributed by atoms with Crippen LogP contribution >= 0.6 is 0 Å². The van der Waals surface area contributed by atoms with E-state index < -0.39 is 0 Å². The molecule has 0 radical (unpaired) electrons. The van der Waals surface area contributed by atoms with Crippen molar-refractivity contribution in [2.75, 3.05) is 32.8 Å². The summed E-state index contributed by atoms with van der Waals surface area (Å²) in [5.74, 6) is -0.748. The van der Waals surface area contributed by atoms with Gasteiger partial charge in [0.1, 0.15) is 0 Å². The number of piperazine rings is 1. The lowest BCUT2D eigenvalue weighted by atomic mass is 9.83. The first kappa shape index (κ1) is 29.3. The van der Waals surface area contributed by atoms with Crippen molar-refractivity contribution in [3.8, 4) is 0 Å². The molecule has 1 unspecified atom stereocenters. The van der Waals surface area contributed by atoms with Crippen LogP contribution in [0.1, 0.15) is 58.8 Å². The molecule has 0 aliphatic carbocycles. The van der Waals surface area contributed by atoms with Crippen molar-refractivity contribution in [3.63, 3.8) is 0 Å². The quantitative estimate of drug-likeness (QED) is 0.347. The van der Waals surface area contributed by atoms with Crippen molar-refractivity contribution >= 4 is 17.8 Å². The van der Waals surface area contributed by atoms with E-state index in [0.29, 0.717) is 36.5 Å². The summed E-state index contributed by atoms with van der Waals surface area (Å²) < 4.78 is 5.42. The molecule has 2 amide bonds.